The van der Waals surface area contributed by atoms with Gasteiger partial charge in [0.2, 0.25) is 0 Å². The van der Waals surface area contributed by atoms with Crippen LogP contribution in [-0.2, 0) is 0 Å². The van der Waals surface area contributed by atoms with Gasteiger partial charge in [0.1, 0.15) is 0 Å². The second kappa shape index (κ2) is 5.99. The van der Waals surface area contributed by atoms with Crippen LogP contribution in [0, 0.1) is 25.2 Å². The maximum Gasteiger partial charge on any atom is 0.0992 e. The van der Waals surface area contributed by atoms with Crippen molar-refractivity contribution in [2.24, 2.45) is 0 Å². The number of aryl methyl sites for hydroxylation is 2. The smallest absolute Gasteiger partial charge is 0.0992 e. The van der Waals surface area contributed by atoms with Gasteiger partial charge in [-0.2, -0.15) is 5.26 Å². The Balaban J connectivity index is 2.56. The van der Waals surface area contributed by atoms with Gasteiger partial charge in [-0.25, -0.2) is 0 Å². The maximum atomic E-state index is 9.97. The molecule has 2 aromatic carbocycles. The Bertz CT molecular complexity index is 699. The molecule has 1 unspecified atom stereocenters. The summed E-state index contributed by atoms with van der Waals surface area (Å²) in [5, 5.41) is 19.1. The lowest BCUT2D eigenvalue weighted by atomic mass is 10.0. The molecule has 2 rings (SSSR count). The maximum absolute atomic E-state index is 9.97. The minimum absolute atomic E-state index is 0.582. The zero-order chi connectivity index (χ0) is 15.6. The molecule has 0 aliphatic heterocycles. The molecule has 1 N–H and O–H groups in total. The Kier molecular flexibility index (Phi) is 4.30. The number of hydrogen-bond donors (Lipinski definition) is 1. The molecule has 108 valence electrons. The standard InChI is InChI=1S/C18H20N2O/c1-12-5-8-17(13(2)9-12)20(4)18-10-15(11-19)6-7-16(18)14(3)21/h5-10,14,21H,1-4H3. The van der Waals surface area contributed by atoms with Gasteiger partial charge in [-0.3, -0.25) is 0 Å². The van der Waals surface area contributed by atoms with Crippen molar-refractivity contribution in [3.05, 3.63) is 58.7 Å². The number of benzene rings is 2. The summed E-state index contributed by atoms with van der Waals surface area (Å²) in [7, 11) is 1.96. The van der Waals surface area contributed by atoms with E-state index in [2.05, 4.69) is 38.1 Å². The van der Waals surface area contributed by atoms with Crippen LogP contribution in [0.1, 0.15) is 35.3 Å². The lowest BCUT2D eigenvalue weighted by molar-refractivity contribution is 0.200. The predicted octanol–water partition coefficient (Wildman–Crippen LogP) is 4.00. The lowest BCUT2D eigenvalue weighted by Gasteiger charge is -2.25. The monoisotopic (exact) mass is 280 g/mol. The molecular formula is C18H20N2O. The highest BCUT2D eigenvalue weighted by molar-refractivity contribution is 5.70. The van der Waals surface area contributed by atoms with Crippen LogP contribution >= 0.6 is 0 Å². The molecule has 0 saturated carbocycles. The number of hydrogen-bond acceptors (Lipinski definition) is 3. The van der Waals surface area contributed by atoms with Crippen LogP contribution < -0.4 is 4.90 Å². The van der Waals surface area contributed by atoms with Gasteiger partial charge in [0, 0.05) is 24.0 Å². The SMILES string of the molecule is Cc1ccc(N(C)c2cc(C#N)ccc2C(C)O)c(C)c1. The minimum atomic E-state index is -0.582. The fraction of sp³-hybridized carbons (Fsp3) is 0.278. The van der Waals surface area contributed by atoms with E-state index < -0.39 is 6.10 Å². The third-order valence-electron chi connectivity index (χ3n) is 3.68. The summed E-state index contributed by atoms with van der Waals surface area (Å²) in [5.74, 6) is 0. The summed E-state index contributed by atoms with van der Waals surface area (Å²) in [4.78, 5) is 2.03. The van der Waals surface area contributed by atoms with E-state index in [1.165, 1.54) is 5.56 Å². The van der Waals surface area contributed by atoms with Crippen molar-refractivity contribution in [3.8, 4) is 6.07 Å². The average molecular weight is 280 g/mol. The molecule has 0 fully saturated rings. The quantitative estimate of drug-likeness (QED) is 0.924. The predicted molar refractivity (Wildman–Crippen MR) is 85.8 cm³/mol. The Morgan fingerprint density at radius 1 is 1.10 bits per heavy atom. The molecule has 0 spiro atoms. The van der Waals surface area contributed by atoms with Crippen LogP contribution in [0.2, 0.25) is 0 Å². The summed E-state index contributed by atoms with van der Waals surface area (Å²) in [6, 6.07) is 13.8. The van der Waals surface area contributed by atoms with Crippen molar-refractivity contribution in [1.82, 2.24) is 0 Å². The van der Waals surface area contributed by atoms with Crippen LogP contribution in [0.15, 0.2) is 36.4 Å². The van der Waals surface area contributed by atoms with Crippen molar-refractivity contribution in [2.45, 2.75) is 26.9 Å². The van der Waals surface area contributed by atoms with Crippen LogP contribution in [0.25, 0.3) is 0 Å². The van der Waals surface area contributed by atoms with Crippen molar-refractivity contribution in [2.75, 3.05) is 11.9 Å². The first-order chi connectivity index (χ1) is 9.93. The van der Waals surface area contributed by atoms with E-state index in [0.717, 1.165) is 22.5 Å². The topological polar surface area (TPSA) is 47.3 Å². The molecule has 1 atom stereocenters. The van der Waals surface area contributed by atoms with Gasteiger partial charge in [0.15, 0.2) is 0 Å². The van der Waals surface area contributed by atoms with Gasteiger partial charge >= 0.3 is 0 Å². The minimum Gasteiger partial charge on any atom is -0.389 e. The van der Waals surface area contributed by atoms with Crippen molar-refractivity contribution >= 4 is 11.4 Å². The first-order valence-corrected chi connectivity index (χ1v) is 6.97. The molecule has 3 heteroatoms. The molecule has 0 aliphatic carbocycles. The second-order valence-electron chi connectivity index (χ2n) is 5.41. The Morgan fingerprint density at radius 2 is 1.81 bits per heavy atom. The van der Waals surface area contributed by atoms with E-state index in [-0.39, 0.29) is 0 Å². The summed E-state index contributed by atoms with van der Waals surface area (Å²) in [5.41, 5.74) is 5.71. The number of rotatable bonds is 3. The molecule has 0 radical (unpaired) electrons. The normalized spacial score (nSPS) is 11.8. The van der Waals surface area contributed by atoms with Crippen molar-refractivity contribution in [1.29, 1.82) is 5.26 Å². The highest BCUT2D eigenvalue weighted by Gasteiger charge is 2.15. The average Bonchev–Trinajstić information content (AvgIpc) is 2.45. The van der Waals surface area contributed by atoms with Gasteiger partial charge in [-0.05, 0) is 44.5 Å². The van der Waals surface area contributed by atoms with E-state index in [4.69, 9.17) is 5.26 Å². The molecule has 0 aliphatic rings. The molecule has 0 aromatic heterocycles. The third-order valence-corrected chi connectivity index (χ3v) is 3.68. The zero-order valence-corrected chi connectivity index (χ0v) is 12.9. The Hall–Kier alpha value is -2.31. The third kappa shape index (κ3) is 3.07. The molecule has 0 heterocycles. The highest BCUT2D eigenvalue weighted by atomic mass is 16.3. The second-order valence-corrected chi connectivity index (χ2v) is 5.41. The zero-order valence-electron chi connectivity index (χ0n) is 12.9. The van der Waals surface area contributed by atoms with E-state index >= 15 is 0 Å². The molecule has 0 bridgehead atoms. The lowest BCUT2D eigenvalue weighted by Crippen LogP contribution is -2.14. The fourth-order valence-electron chi connectivity index (χ4n) is 2.57. The Morgan fingerprint density at radius 3 is 2.38 bits per heavy atom. The van der Waals surface area contributed by atoms with Gasteiger partial charge in [0.05, 0.1) is 17.7 Å². The van der Waals surface area contributed by atoms with Crippen LogP contribution in [0.4, 0.5) is 11.4 Å². The van der Waals surface area contributed by atoms with Crippen molar-refractivity contribution in [3.63, 3.8) is 0 Å². The van der Waals surface area contributed by atoms with E-state index in [9.17, 15) is 5.11 Å². The first kappa shape index (κ1) is 15.1. The molecule has 3 nitrogen and oxygen atoms in total. The van der Waals surface area contributed by atoms with Crippen LogP contribution in [0.3, 0.4) is 0 Å². The highest BCUT2D eigenvalue weighted by Crippen LogP contribution is 2.33. The summed E-state index contributed by atoms with van der Waals surface area (Å²) < 4.78 is 0. The van der Waals surface area contributed by atoms with Gasteiger partial charge in [-0.15, -0.1) is 0 Å². The van der Waals surface area contributed by atoms with E-state index in [1.54, 1.807) is 13.0 Å². The van der Waals surface area contributed by atoms with E-state index in [1.807, 2.05) is 24.1 Å². The number of nitriles is 1. The number of aliphatic hydroxyl groups excluding tert-OH is 1. The fourth-order valence-corrected chi connectivity index (χ4v) is 2.57. The Labute approximate surface area is 126 Å². The molecule has 0 saturated heterocycles. The molecule has 21 heavy (non-hydrogen) atoms. The number of aliphatic hydroxyl groups is 1. The molecule has 2 aromatic rings. The number of nitrogens with zero attached hydrogens (tertiary/aromatic N) is 2. The summed E-state index contributed by atoms with van der Waals surface area (Å²) >= 11 is 0. The molecular weight excluding hydrogens is 260 g/mol. The summed E-state index contributed by atoms with van der Waals surface area (Å²) in [6.07, 6.45) is -0.582. The van der Waals surface area contributed by atoms with E-state index in [0.29, 0.717) is 5.56 Å². The van der Waals surface area contributed by atoms with Crippen LogP contribution in [-0.4, -0.2) is 12.2 Å². The van der Waals surface area contributed by atoms with Crippen molar-refractivity contribution < 1.29 is 5.11 Å². The van der Waals surface area contributed by atoms with Gasteiger partial charge < -0.3 is 10.0 Å². The molecule has 0 amide bonds. The summed E-state index contributed by atoms with van der Waals surface area (Å²) in [6.45, 7) is 5.87. The first-order valence-electron chi connectivity index (χ1n) is 6.97. The van der Waals surface area contributed by atoms with Gasteiger partial charge in [0.25, 0.3) is 0 Å². The van der Waals surface area contributed by atoms with Gasteiger partial charge in [-0.1, -0.05) is 23.8 Å². The number of anilines is 2. The largest absolute Gasteiger partial charge is 0.389 e. The van der Waals surface area contributed by atoms with Crippen LogP contribution in [0.5, 0.6) is 0 Å².